The minimum atomic E-state index is -2.42. The highest BCUT2D eigenvalue weighted by molar-refractivity contribution is 7.96. The standard InChI is InChI=1S/C22H46O7Si4.C9H18O3Si.2C4H12OSi.CH3PS.CH4.2H2/c1-19(2)21(23)25-15-13-17-30(5,6)27-32(9,10)29-33(11,12)28-31(7,8)18-14-16-26-22(24)20(3)4;1-8(2)9(10)12-6-5-7-13(3,4)11;2*1-5-6(2,3)4;1-2-3;;;/h1,3,13-18H2,2,4-12H3;11H,1,5-7H2,2-4H3;2*1-4H3;1H3;1H4;2*1H/i;;;;;;2*1+1D. The molecule has 0 heterocycles. The molecule has 21 heteroatoms. The predicted molar refractivity (Wildman–Crippen MR) is 290 cm³/mol. The van der Waals surface area contributed by atoms with Crippen molar-refractivity contribution in [3.8, 4) is 0 Å². The Morgan fingerprint density at radius 3 is 0.935 bits per heavy atom. The summed E-state index contributed by atoms with van der Waals surface area (Å²) < 4.78 is 65.1. The van der Waals surface area contributed by atoms with Gasteiger partial charge >= 0.3 is 35.0 Å². The predicted octanol–water partition coefficient (Wildman–Crippen LogP) is 12.6. The normalized spacial score (nSPS) is 12.1. The molecule has 0 aromatic heterocycles. The second-order valence-corrected chi connectivity index (χ2v) is 50.3. The lowest BCUT2D eigenvalue weighted by Gasteiger charge is -2.41. The van der Waals surface area contributed by atoms with Crippen molar-refractivity contribution in [1.29, 1.82) is 0 Å². The molecular weight excluding hydrogens is 944 g/mol. The molecule has 0 fully saturated rings. The highest BCUT2D eigenvalue weighted by atomic mass is 32.4. The van der Waals surface area contributed by atoms with Crippen LogP contribution >= 0.6 is 7.36 Å². The van der Waals surface area contributed by atoms with Crippen LogP contribution in [-0.2, 0) is 61.6 Å². The highest BCUT2D eigenvalue weighted by Gasteiger charge is 2.43. The molecule has 1 N–H and O–H groups in total. The Morgan fingerprint density at radius 2 is 0.758 bits per heavy atom. The van der Waals surface area contributed by atoms with Gasteiger partial charge in [0.15, 0.2) is 41.6 Å². The van der Waals surface area contributed by atoms with E-state index in [1.165, 1.54) is 0 Å². The zero-order valence-electron chi connectivity index (χ0n) is 46.8. The van der Waals surface area contributed by atoms with Gasteiger partial charge in [0.1, 0.15) is 0 Å². The summed E-state index contributed by atoms with van der Waals surface area (Å²) in [5, 5.41) is 0. The highest BCUT2D eigenvalue weighted by Crippen LogP contribution is 2.27. The van der Waals surface area contributed by atoms with Crippen molar-refractivity contribution in [3.63, 3.8) is 0 Å². The van der Waals surface area contributed by atoms with Gasteiger partial charge in [-0.3, -0.25) is 0 Å². The summed E-state index contributed by atoms with van der Waals surface area (Å²) >= 11 is 4.37. The van der Waals surface area contributed by atoms with Crippen LogP contribution in [0.2, 0.25) is 123 Å². The van der Waals surface area contributed by atoms with Crippen molar-refractivity contribution in [2.75, 3.05) is 40.7 Å². The zero-order chi connectivity index (χ0) is 53.7. The maximum Gasteiger partial charge on any atom is 0.333 e. The number of esters is 3. The van der Waals surface area contributed by atoms with Crippen molar-refractivity contribution in [1.82, 2.24) is 0 Å². The smallest absolute Gasteiger partial charge is 0.333 e. The first-order valence-electron chi connectivity index (χ1n) is 22.8. The quantitative estimate of drug-likeness (QED) is 0.0259. The lowest BCUT2D eigenvalue weighted by molar-refractivity contribution is -0.139. The van der Waals surface area contributed by atoms with E-state index in [0.717, 1.165) is 44.8 Å². The van der Waals surface area contributed by atoms with E-state index in [2.05, 4.69) is 123 Å². The van der Waals surface area contributed by atoms with Gasteiger partial charge in [-0.25, -0.2) is 14.4 Å². The molecule has 0 radical (unpaired) electrons. The largest absolute Gasteiger partial charge is 0.462 e. The first-order valence-corrected chi connectivity index (χ1v) is 45.0. The zero-order valence-corrected chi connectivity index (χ0v) is 51.5. The van der Waals surface area contributed by atoms with Crippen LogP contribution in [0, 0.1) is 0 Å². The Hall–Kier alpha value is -0.572. The van der Waals surface area contributed by atoms with E-state index in [1.54, 1.807) is 35.0 Å². The molecule has 0 aliphatic rings. The number of ether oxygens (including phenoxy) is 3. The molecule has 374 valence electrons. The fourth-order valence-corrected chi connectivity index (χ4v) is 24.7. The van der Waals surface area contributed by atoms with Crippen LogP contribution < -0.4 is 0 Å². The lowest BCUT2D eigenvalue weighted by atomic mass is 10.4. The molecule has 0 saturated carbocycles. The average Bonchev–Trinajstić information content (AvgIpc) is 3.13. The van der Waals surface area contributed by atoms with E-state index in [4.69, 9.17) is 41.3 Å². The SMILES string of the molecule is C.C=C(C)C(=O)OCCC[Si](C)(C)O.C=C(C)C(=O)OCCC[Si](C)(C)O[Si](C)(C)O[Si](C)(C)O[Si](C)(C)CCCOC(=O)C(=C)C.CO[Si](C)(C)C.CO[Si](C)(C)C.CP=S.[2H][2H].[2H][2H]. The number of carbonyl (C=O) groups is 3. The van der Waals surface area contributed by atoms with E-state index >= 15 is 0 Å². The van der Waals surface area contributed by atoms with Gasteiger partial charge in [0.25, 0.3) is 0 Å². The van der Waals surface area contributed by atoms with Crippen molar-refractivity contribution in [2.45, 2.75) is 170 Å². The van der Waals surface area contributed by atoms with Crippen LogP contribution in [0.25, 0.3) is 0 Å². The summed E-state index contributed by atoms with van der Waals surface area (Å²) in [5.74, 6) is -1.05. The van der Waals surface area contributed by atoms with Crippen LogP contribution in [0.3, 0.4) is 0 Å². The molecule has 12 nitrogen and oxygen atoms in total. The molecule has 0 saturated heterocycles. The average molecular weight is 1050 g/mol. The van der Waals surface area contributed by atoms with Crippen molar-refractivity contribution >= 4 is 95.8 Å². The maximum absolute atomic E-state index is 11.5. The van der Waals surface area contributed by atoms with Crippen LogP contribution in [-0.4, -0.2) is 122 Å². The van der Waals surface area contributed by atoms with E-state index < -0.39 is 58.7 Å². The molecule has 0 bridgehead atoms. The first-order chi connectivity index (χ1) is 29.1. The van der Waals surface area contributed by atoms with Gasteiger partial charge in [0, 0.05) is 36.9 Å². The van der Waals surface area contributed by atoms with E-state index in [0.29, 0.717) is 36.5 Å². The molecule has 0 spiro atoms. The summed E-state index contributed by atoms with van der Waals surface area (Å²) in [7, 11) is -8.53. The molecule has 0 aliphatic heterocycles. The molecule has 0 aliphatic carbocycles. The molecule has 0 rings (SSSR count). The summed E-state index contributed by atoms with van der Waals surface area (Å²) in [6.45, 7) is 52.3. The summed E-state index contributed by atoms with van der Waals surface area (Å²) in [6.07, 6.45) is 2.25. The molecule has 62 heavy (non-hydrogen) atoms. The summed E-state index contributed by atoms with van der Waals surface area (Å²) in [5.41, 5.74) is 1.24. The third-order valence-corrected chi connectivity index (χ3v) is 26.7. The third kappa shape index (κ3) is 57.4. The fourth-order valence-electron chi connectivity index (χ4n) is 4.43. The van der Waals surface area contributed by atoms with Crippen molar-refractivity contribution < 1.29 is 60.5 Å². The second-order valence-electron chi connectivity index (χ2n) is 19.3. The Balaban J connectivity index is -0.000000138. The van der Waals surface area contributed by atoms with E-state index in [-0.39, 0.29) is 25.3 Å². The van der Waals surface area contributed by atoms with Crippen LogP contribution in [0.1, 0.15) is 53.4 Å². The van der Waals surface area contributed by atoms with Crippen LogP contribution in [0.5, 0.6) is 0 Å². The van der Waals surface area contributed by atoms with E-state index in [1.807, 2.05) is 19.8 Å². The first kappa shape index (κ1) is 68.0. The van der Waals surface area contributed by atoms with E-state index in [9.17, 15) is 19.2 Å². The Bertz CT molecular complexity index is 1260. The van der Waals surface area contributed by atoms with Crippen molar-refractivity contribution in [3.05, 3.63) is 36.5 Å². The number of rotatable bonds is 23. The Morgan fingerprint density at radius 1 is 0.548 bits per heavy atom. The fraction of sp³-hybridized carbons (Fsp3) is 0.780. The minimum Gasteiger partial charge on any atom is -0.462 e. The summed E-state index contributed by atoms with van der Waals surface area (Å²) in [4.78, 5) is 43.4. The monoisotopic (exact) mass is 1050 g/mol. The lowest BCUT2D eigenvalue weighted by Crippen LogP contribution is -2.56. The Kier molecular flexibility index (Phi) is 39.1. The second kappa shape index (κ2) is 35.6. The number of hydrogen-bond acceptors (Lipinski definition) is 13. The molecule has 0 unspecified atom stereocenters. The van der Waals surface area contributed by atoms with Crippen LogP contribution in [0.4, 0.5) is 0 Å². The van der Waals surface area contributed by atoms with Gasteiger partial charge in [0.2, 0.25) is 0 Å². The van der Waals surface area contributed by atoms with Gasteiger partial charge in [-0.1, -0.05) is 39.0 Å². The molecule has 0 amide bonds. The van der Waals surface area contributed by atoms with Gasteiger partial charge in [-0.05, 0) is 177 Å². The molecule has 0 aromatic rings. The van der Waals surface area contributed by atoms with Gasteiger partial charge < -0.3 is 40.2 Å². The number of hydrogen-bond donors (Lipinski definition) is 1. The Labute approximate surface area is 401 Å². The van der Waals surface area contributed by atoms with Gasteiger partial charge in [0.05, 0.1) is 19.8 Å². The topological polar surface area (TPSA) is 145 Å². The molecule has 0 aromatic carbocycles. The van der Waals surface area contributed by atoms with Gasteiger partial charge in [-0.15, -0.1) is 0 Å². The third-order valence-electron chi connectivity index (χ3n) is 7.28. The summed E-state index contributed by atoms with van der Waals surface area (Å²) in [6, 6.07) is 2.51. The van der Waals surface area contributed by atoms with Crippen molar-refractivity contribution in [2.24, 2.45) is 0 Å². The molecular formula is C41H99O12PSSi7. The van der Waals surface area contributed by atoms with Crippen LogP contribution in [0.15, 0.2) is 36.5 Å². The molecule has 0 atom stereocenters. The number of carbonyl (C=O) groups excluding carboxylic acids is 3. The minimum absolute atomic E-state index is 0. The maximum atomic E-state index is 11.5. The van der Waals surface area contributed by atoms with Gasteiger partial charge in [-0.2, -0.15) is 0 Å².